The Bertz CT molecular complexity index is 5010. The van der Waals surface area contributed by atoms with Gasteiger partial charge in [0, 0.05) is 49.7 Å². The second kappa shape index (κ2) is 28.7. The molecule has 6 N–H and O–H groups in total. The first-order valence-electron chi connectivity index (χ1n) is 32.8. The minimum atomic E-state index is -4.94. The summed E-state index contributed by atoms with van der Waals surface area (Å²) in [6.07, 6.45) is -12.4. The van der Waals surface area contributed by atoms with Crippen LogP contribution in [0.2, 0.25) is 10.0 Å². The van der Waals surface area contributed by atoms with Gasteiger partial charge in [0.15, 0.2) is 40.5 Å². The highest BCUT2D eigenvalue weighted by molar-refractivity contribution is 7.90. The number of aliphatic imine (C=N–C) groups is 2. The molecule has 2 aliphatic carbocycles. The molecule has 4 aliphatic rings. The zero-order chi connectivity index (χ0) is 78.3. The van der Waals surface area contributed by atoms with Crippen molar-refractivity contribution in [1.29, 1.82) is 0 Å². The molecular formula is C67H64Cl2F12N18O8S. The molecule has 4 aromatic carbocycles. The number of aromatic nitrogens is 10. The topological polar surface area (TPSA) is 325 Å². The van der Waals surface area contributed by atoms with Crippen LogP contribution in [-0.4, -0.2) is 152 Å². The van der Waals surface area contributed by atoms with E-state index in [2.05, 4.69) is 35.4 Å². The van der Waals surface area contributed by atoms with E-state index in [0.29, 0.717) is 19.6 Å². The predicted octanol–water partition coefficient (Wildman–Crippen LogP) is 11.7. The summed E-state index contributed by atoms with van der Waals surface area (Å²) in [5, 5.41) is 19.6. The quantitative estimate of drug-likeness (QED) is 0.0348. The molecule has 8 aromatic rings. The summed E-state index contributed by atoms with van der Waals surface area (Å²) in [7, 11) is -2.20. The lowest BCUT2D eigenvalue weighted by Gasteiger charge is -2.36. The average molecular weight is 1580 g/mol. The maximum Gasteiger partial charge on any atom is 0.411 e. The van der Waals surface area contributed by atoms with E-state index in [1.54, 1.807) is 7.05 Å². The molecule has 108 heavy (non-hydrogen) atoms. The van der Waals surface area contributed by atoms with Crippen molar-refractivity contribution >= 4 is 69.0 Å². The zero-order valence-electron chi connectivity index (χ0n) is 57.2. The minimum Gasteiger partial charge on any atom is -0.447 e. The van der Waals surface area contributed by atoms with Gasteiger partial charge in [-0.15, -0.1) is 0 Å². The van der Waals surface area contributed by atoms with Crippen molar-refractivity contribution in [3.63, 3.8) is 0 Å². The van der Waals surface area contributed by atoms with E-state index >= 15 is 22.8 Å². The third kappa shape index (κ3) is 15.4. The van der Waals surface area contributed by atoms with Gasteiger partial charge in [-0.05, 0) is 107 Å². The number of rotatable bonds is 27. The van der Waals surface area contributed by atoms with Crippen LogP contribution in [0.15, 0.2) is 120 Å². The van der Waals surface area contributed by atoms with Crippen molar-refractivity contribution in [1.82, 2.24) is 69.5 Å². The van der Waals surface area contributed by atoms with Crippen LogP contribution in [0.1, 0.15) is 124 Å². The van der Waals surface area contributed by atoms with Crippen LogP contribution in [0.5, 0.6) is 0 Å². The number of nitrogens with one attached hydrogen (secondary N) is 2. The maximum atomic E-state index is 16.9. The lowest BCUT2D eigenvalue weighted by Crippen LogP contribution is -2.49. The molecule has 574 valence electrons. The van der Waals surface area contributed by atoms with E-state index in [1.807, 2.05) is 10.6 Å². The molecule has 26 nitrogen and oxygen atoms in total. The zero-order valence-corrected chi connectivity index (χ0v) is 59.5. The number of halogens is 14. The summed E-state index contributed by atoms with van der Waals surface area (Å²) in [5.41, 5.74) is 4.42. The van der Waals surface area contributed by atoms with Crippen molar-refractivity contribution in [2.75, 3.05) is 25.2 Å². The predicted molar refractivity (Wildman–Crippen MR) is 362 cm³/mol. The smallest absolute Gasteiger partial charge is 0.411 e. The van der Waals surface area contributed by atoms with Crippen LogP contribution in [0, 0.1) is 17.2 Å². The normalized spacial score (nSPS) is 20.0. The van der Waals surface area contributed by atoms with Crippen molar-refractivity contribution in [2.24, 2.45) is 39.8 Å². The molecular weight excluding hydrogens is 1520 g/mol. The number of alkyl carbamates (subject to hydrolysis) is 2. The molecule has 2 aliphatic heterocycles. The largest absolute Gasteiger partial charge is 0.447 e. The highest BCUT2D eigenvalue weighted by Gasteiger charge is 2.65. The third-order valence-electron chi connectivity index (χ3n) is 18.7. The van der Waals surface area contributed by atoms with Crippen LogP contribution in [0.3, 0.4) is 0 Å². The number of hydrogen-bond donors (Lipinski definition) is 4. The number of nitrogens with two attached hydrogens (primary N) is 2. The first-order valence-corrected chi connectivity index (χ1v) is 35.6. The Morgan fingerprint density at radius 1 is 0.750 bits per heavy atom. The number of aryl methyl sites for hydroxylation is 1. The number of carbonyl (C=O) groups excluding carboxylic acids is 4. The first-order chi connectivity index (χ1) is 50.6. The standard InChI is InChI=1S/C67H64Cl2F12N18O8S/c1-33(30-108(5,104)105)23-64(38-10-6-34(7-11-38)37-26-85-95(27-37)57(75)76)55(100)96(58(82)89-64)48(29-107-61(103)91-63(17-18-63)67(79,80)81)36-9-15-42(69)46(21-36)99-54(52(73)74)88-50(93-99)25-62(2,3)31-65(39-12-13-40(43(70)22-39)44-16-19-94(4)92-44)56(101)97(59(83)90-65)47(28-106-60(102)87-49-24-66(49,77)78)35-8-14-41(68)45(20-35)98-53(51(71)72)84-32-86-98/h6-16,19-22,26-27,32-33,47-49,51-52,57H,17-18,23-25,28-31H2,1-5H3,(H2,82,89)(H2,83,90)(H,87,102)(H,91,103)/t33?,47-,48-,49?,64-,65-/m1/s1. The van der Waals surface area contributed by atoms with E-state index < -0.39 is 210 Å². The number of amides is 4. The molecule has 4 aromatic heterocycles. The number of hydrogen-bond acceptors (Lipinski definition) is 18. The summed E-state index contributed by atoms with van der Waals surface area (Å²) in [5.74, 6) is -11.4. The number of benzene rings is 4. The molecule has 0 spiro atoms. The van der Waals surface area contributed by atoms with Crippen LogP contribution in [0.4, 0.5) is 62.3 Å². The van der Waals surface area contributed by atoms with Gasteiger partial charge in [0.05, 0.1) is 51.1 Å². The van der Waals surface area contributed by atoms with Crippen LogP contribution < -0.4 is 22.1 Å². The fourth-order valence-electron chi connectivity index (χ4n) is 13.5. The Kier molecular flexibility index (Phi) is 20.5. The number of ether oxygens (including phenoxy) is 2. The number of guanidine groups is 2. The van der Waals surface area contributed by atoms with Crippen molar-refractivity contribution < 1.29 is 89.8 Å². The van der Waals surface area contributed by atoms with Crippen molar-refractivity contribution in [3.8, 4) is 33.8 Å². The molecule has 6 heterocycles. The van der Waals surface area contributed by atoms with Gasteiger partial charge < -0.3 is 31.6 Å². The number of sulfone groups is 1. The Hall–Kier alpha value is -10.3. The fraction of sp³-hybridized carbons (Fsp3) is 0.403. The number of alkyl halides is 11. The lowest BCUT2D eigenvalue weighted by atomic mass is 9.72. The molecule has 6 atom stereocenters. The van der Waals surface area contributed by atoms with E-state index in [9.17, 15) is 57.5 Å². The Labute approximate surface area is 615 Å². The second-order valence-electron chi connectivity index (χ2n) is 27.5. The van der Waals surface area contributed by atoms with E-state index in [-0.39, 0.29) is 54.8 Å². The van der Waals surface area contributed by atoms with Gasteiger partial charge in [0.1, 0.15) is 46.8 Å². The van der Waals surface area contributed by atoms with E-state index in [4.69, 9.17) is 49.1 Å². The summed E-state index contributed by atoms with van der Waals surface area (Å²) in [4.78, 5) is 77.3. The van der Waals surface area contributed by atoms with Crippen LogP contribution in [-0.2, 0) is 53.4 Å². The van der Waals surface area contributed by atoms with Crippen molar-refractivity contribution in [3.05, 3.63) is 165 Å². The number of carbonyl (C=O) groups is 4. The summed E-state index contributed by atoms with van der Waals surface area (Å²) >= 11 is 13.4. The van der Waals surface area contributed by atoms with Crippen molar-refractivity contribution in [2.45, 2.75) is 126 Å². The van der Waals surface area contributed by atoms with E-state index in [0.717, 1.165) is 53.0 Å². The van der Waals surface area contributed by atoms with Crippen LogP contribution in [0.25, 0.3) is 33.8 Å². The lowest BCUT2D eigenvalue weighted by molar-refractivity contribution is -0.164. The van der Waals surface area contributed by atoms with Gasteiger partial charge in [-0.25, -0.2) is 82.7 Å². The summed E-state index contributed by atoms with van der Waals surface area (Å²) in [6, 6.07) is 12.9. The summed E-state index contributed by atoms with van der Waals surface area (Å²) in [6.45, 7) is -0.434. The Morgan fingerprint density at radius 3 is 1.85 bits per heavy atom. The summed E-state index contributed by atoms with van der Waals surface area (Å²) < 4.78 is 215. The van der Waals surface area contributed by atoms with Gasteiger partial charge in [-0.2, -0.15) is 42.3 Å². The molecule has 41 heteroatoms. The molecule has 4 amide bonds. The monoisotopic (exact) mass is 1580 g/mol. The van der Waals surface area contributed by atoms with Gasteiger partial charge in [0.2, 0.25) is 0 Å². The second-order valence-corrected chi connectivity index (χ2v) is 30.5. The molecule has 2 fully saturated rings. The minimum absolute atomic E-state index is 0.0517. The SMILES string of the molecule is CC(C[C@]1(c2ccc(-c3cnn(C(F)F)c3)cc2)N=C(N)N([C@H](COC(=O)NC2(C(F)(F)F)CC2)c2ccc(Cl)c(-n3nc(CC(C)(C)C[C@]4(c5ccc(-c6ccn(C)n6)c(F)c5)N=C(N)N([C@H](COC(=O)NC5CC5(F)F)c5ccc(Cl)c(-n6ncnc6C(F)F)c5)C4=O)nc3C(F)F)c2)C1=O)CS(C)(=O)=O. The average Bonchev–Trinajstić information content (AvgIpc) is 1.53. The maximum absolute atomic E-state index is 16.9. The Morgan fingerprint density at radius 2 is 1.32 bits per heavy atom. The molecule has 0 bridgehead atoms. The Balaban J connectivity index is 0.915. The molecule has 0 radical (unpaired) electrons. The highest BCUT2D eigenvalue weighted by atomic mass is 35.5. The van der Waals surface area contributed by atoms with E-state index in [1.165, 1.54) is 98.4 Å². The fourth-order valence-corrected chi connectivity index (χ4v) is 15.0. The molecule has 2 unspecified atom stereocenters. The number of nitrogens with zero attached hydrogens (tertiary/aromatic N) is 14. The van der Waals surface area contributed by atoms with Gasteiger partial charge in [-0.1, -0.05) is 86.4 Å². The van der Waals surface area contributed by atoms with Gasteiger partial charge >= 0.3 is 24.9 Å². The van der Waals surface area contributed by atoms with Gasteiger partial charge in [-0.3, -0.25) is 24.1 Å². The van der Waals surface area contributed by atoms with Crippen LogP contribution >= 0.6 is 23.2 Å². The highest BCUT2D eigenvalue weighted by Crippen LogP contribution is 2.51. The first kappa shape index (κ1) is 77.3. The van der Waals surface area contributed by atoms with Gasteiger partial charge in [0.25, 0.3) is 30.6 Å². The third-order valence-corrected chi connectivity index (χ3v) is 20.5. The molecule has 12 rings (SSSR count). The molecule has 2 saturated carbocycles. The molecule has 0 saturated heterocycles.